The van der Waals surface area contributed by atoms with Gasteiger partial charge in [0.1, 0.15) is 0 Å². The third-order valence-electron chi connectivity index (χ3n) is 2.53. The summed E-state index contributed by atoms with van der Waals surface area (Å²) >= 11 is 5.01. The maximum Gasteiger partial charge on any atom is 0.166 e. The number of hydrogen-bond donors (Lipinski definition) is 1. The van der Waals surface area contributed by atoms with Crippen molar-refractivity contribution in [1.82, 2.24) is 4.90 Å². The van der Waals surface area contributed by atoms with Crippen LogP contribution in [-0.2, 0) is 0 Å². The van der Waals surface area contributed by atoms with Crippen LogP contribution in [-0.4, -0.2) is 22.6 Å². The summed E-state index contributed by atoms with van der Waals surface area (Å²) in [7, 11) is 0. The number of rotatable bonds is 2. The average Bonchev–Trinajstić information content (AvgIpc) is 2.05. The normalized spacial score (nSPS) is 24.1. The zero-order chi connectivity index (χ0) is 8.97. The minimum Gasteiger partial charge on any atom is -0.376 e. The van der Waals surface area contributed by atoms with Gasteiger partial charge in [0.15, 0.2) is 5.11 Å². The van der Waals surface area contributed by atoms with Gasteiger partial charge in [-0.25, -0.2) is 0 Å². The molecule has 0 radical (unpaired) electrons. The molecule has 1 rings (SSSR count). The minimum absolute atomic E-state index is 0.591. The first-order chi connectivity index (χ1) is 5.75. The van der Waals surface area contributed by atoms with Crippen LogP contribution in [0.1, 0.15) is 39.0 Å². The van der Waals surface area contributed by atoms with Crippen molar-refractivity contribution in [2.24, 2.45) is 5.73 Å². The standard InChI is InChI=1S/C9H18N2S/c1-2-5-8-6-3-4-7-11(8)9(10)12/h8H,2-7H2,1H3,(H2,10,12). The fourth-order valence-corrected chi connectivity index (χ4v) is 2.16. The SMILES string of the molecule is CCCC1CCCCN1C(N)=S. The lowest BCUT2D eigenvalue weighted by Gasteiger charge is -2.36. The molecule has 1 saturated heterocycles. The van der Waals surface area contributed by atoms with Crippen LogP contribution in [0.2, 0.25) is 0 Å². The Labute approximate surface area is 80.1 Å². The van der Waals surface area contributed by atoms with Crippen molar-refractivity contribution in [3.63, 3.8) is 0 Å². The number of thiocarbonyl (C=S) groups is 1. The van der Waals surface area contributed by atoms with E-state index in [0.717, 1.165) is 6.54 Å². The van der Waals surface area contributed by atoms with Gasteiger partial charge in [-0.2, -0.15) is 0 Å². The lowest BCUT2D eigenvalue weighted by atomic mass is 9.99. The fraction of sp³-hybridized carbons (Fsp3) is 0.889. The molecule has 0 amide bonds. The molecule has 0 bridgehead atoms. The van der Waals surface area contributed by atoms with E-state index in [4.69, 9.17) is 18.0 Å². The minimum atomic E-state index is 0.591. The van der Waals surface area contributed by atoms with Gasteiger partial charge in [0.05, 0.1) is 0 Å². The highest BCUT2D eigenvalue weighted by Gasteiger charge is 2.21. The molecular weight excluding hydrogens is 168 g/mol. The van der Waals surface area contributed by atoms with E-state index >= 15 is 0 Å². The zero-order valence-corrected chi connectivity index (χ0v) is 8.57. The average molecular weight is 186 g/mol. The molecule has 0 aliphatic carbocycles. The van der Waals surface area contributed by atoms with Crippen LogP contribution in [0.4, 0.5) is 0 Å². The van der Waals surface area contributed by atoms with Crippen molar-refractivity contribution in [3.8, 4) is 0 Å². The summed E-state index contributed by atoms with van der Waals surface area (Å²) in [6.45, 7) is 3.28. The fourth-order valence-electron chi connectivity index (χ4n) is 1.92. The summed E-state index contributed by atoms with van der Waals surface area (Å²) in [6.07, 6.45) is 6.31. The number of nitrogens with two attached hydrogens (primary N) is 1. The van der Waals surface area contributed by atoms with E-state index in [0.29, 0.717) is 11.2 Å². The lowest BCUT2D eigenvalue weighted by Crippen LogP contribution is -2.46. The van der Waals surface area contributed by atoms with Gasteiger partial charge in [-0.05, 0) is 37.9 Å². The highest BCUT2D eigenvalue weighted by Crippen LogP contribution is 2.20. The van der Waals surface area contributed by atoms with Gasteiger partial charge in [-0.15, -0.1) is 0 Å². The molecule has 0 aromatic carbocycles. The van der Waals surface area contributed by atoms with Crippen LogP contribution in [0.3, 0.4) is 0 Å². The maximum atomic E-state index is 5.65. The summed E-state index contributed by atoms with van der Waals surface area (Å²) in [5.41, 5.74) is 5.65. The number of hydrogen-bond acceptors (Lipinski definition) is 1. The Morgan fingerprint density at radius 1 is 1.58 bits per heavy atom. The summed E-state index contributed by atoms with van der Waals surface area (Å²) in [5.74, 6) is 0. The van der Waals surface area contributed by atoms with E-state index in [1.807, 2.05) is 0 Å². The second-order valence-corrected chi connectivity index (χ2v) is 3.89. The van der Waals surface area contributed by atoms with Crippen LogP contribution in [0.25, 0.3) is 0 Å². The van der Waals surface area contributed by atoms with Crippen LogP contribution in [0.15, 0.2) is 0 Å². The van der Waals surface area contributed by atoms with Gasteiger partial charge in [-0.3, -0.25) is 0 Å². The molecule has 1 heterocycles. The molecule has 2 N–H and O–H groups in total. The first kappa shape index (κ1) is 9.78. The lowest BCUT2D eigenvalue weighted by molar-refractivity contribution is 0.230. The predicted octanol–water partition coefficient (Wildman–Crippen LogP) is 1.88. The second kappa shape index (κ2) is 4.65. The first-order valence-electron chi connectivity index (χ1n) is 4.81. The summed E-state index contributed by atoms with van der Waals surface area (Å²) in [6, 6.07) is 0.626. The molecule has 12 heavy (non-hydrogen) atoms. The monoisotopic (exact) mass is 186 g/mol. The zero-order valence-electron chi connectivity index (χ0n) is 7.75. The third kappa shape index (κ3) is 2.34. The van der Waals surface area contributed by atoms with Crippen LogP contribution >= 0.6 is 12.2 Å². The Hall–Kier alpha value is -0.310. The van der Waals surface area contributed by atoms with Gasteiger partial charge < -0.3 is 10.6 Å². The van der Waals surface area contributed by atoms with Crippen molar-refractivity contribution in [1.29, 1.82) is 0 Å². The van der Waals surface area contributed by atoms with E-state index in [1.165, 1.54) is 32.1 Å². The second-order valence-electron chi connectivity index (χ2n) is 3.47. The maximum absolute atomic E-state index is 5.65. The molecule has 1 aliphatic rings. The summed E-state index contributed by atoms with van der Waals surface area (Å²) < 4.78 is 0. The third-order valence-corrected chi connectivity index (χ3v) is 2.77. The van der Waals surface area contributed by atoms with Gasteiger partial charge in [0.25, 0.3) is 0 Å². The molecule has 1 unspecified atom stereocenters. The van der Waals surface area contributed by atoms with Crippen LogP contribution in [0, 0.1) is 0 Å². The quantitative estimate of drug-likeness (QED) is 0.668. The van der Waals surface area contributed by atoms with Gasteiger partial charge in [-0.1, -0.05) is 13.3 Å². The van der Waals surface area contributed by atoms with Crippen molar-refractivity contribution < 1.29 is 0 Å². The Morgan fingerprint density at radius 3 is 2.92 bits per heavy atom. The molecule has 1 aliphatic heterocycles. The first-order valence-corrected chi connectivity index (χ1v) is 5.22. The van der Waals surface area contributed by atoms with E-state index in [1.54, 1.807) is 0 Å². The Bertz CT molecular complexity index is 157. The van der Waals surface area contributed by atoms with Crippen LogP contribution < -0.4 is 5.73 Å². The van der Waals surface area contributed by atoms with E-state index in [2.05, 4.69) is 11.8 Å². The van der Waals surface area contributed by atoms with Gasteiger partial charge in [0, 0.05) is 12.6 Å². The van der Waals surface area contributed by atoms with Gasteiger partial charge >= 0.3 is 0 Å². The molecule has 0 spiro atoms. The van der Waals surface area contributed by atoms with Crippen molar-refractivity contribution in [2.45, 2.75) is 45.1 Å². The molecule has 2 nitrogen and oxygen atoms in total. The number of likely N-dealkylation sites (tertiary alicyclic amines) is 1. The molecular formula is C9H18N2S. The summed E-state index contributed by atoms with van der Waals surface area (Å²) in [5, 5.41) is 0.591. The highest BCUT2D eigenvalue weighted by atomic mass is 32.1. The summed E-state index contributed by atoms with van der Waals surface area (Å²) in [4.78, 5) is 2.20. The van der Waals surface area contributed by atoms with Crippen LogP contribution in [0.5, 0.6) is 0 Å². The largest absolute Gasteiger partial charge is 0.376 e. The van der Waals surface area contributed by atoms with Crippen molar-refractivity contribution in [2.75, 3.05) is 6.54 Å². The Kier molecular flexibility index (Phi) is 3.79. The number of nitrogens with zero attached hydrogens (tertiary/aromatic N) is 1. The van der Waals surface area contributed by atoms with E-state index in [-0.39, 0.29) is 0 Å². The van der Waals surface area contributed by atoms with Gasteiger partial charge in [0.2, 0.25) is 0 Å². The molecule has 70 valence electrons. The number of piperidine rings is 1. The Morgan fingerprint density at radius 2 is 2.33 bits per heavy atom. The van der Waals surface area contributed by atoms with E-state index in [9.17, 15) is 0 Å². The molecule has 3 heteroatoms. The smallest absolute Gasteiger partial charge is 0.166 e. The van der Waals surface area contributed by atoms with Crippen molar-refractivity contribution in [3.05, 3.63) is 0 Å². The molecule has 0 aromatic rings. The Balaban J connectivity index is 2.48. The molecule has 0 saturated carbocycles. The van der Waals surface area contributed by atoms with Crippen molar-refractivity contribution >= 4 is 17.3 Å². The predicted molar refractivity (Wildman–Crippen MR) is 56.0 cm³/mol. The molecule has 0 aromatic heterocycles. The van der Waals surface area contributed by atoms with E-state index < -0.39 is 0 Å². The highest BCUT2D eigenvalue weighted by molar-refractivity contribution is 7.80. The molecule has 1 fully saturated rings. The molecule has 1 atom stereocenters. The topological polar surface area (TPSA) is 29.3 Å².